The maximum Gasteiger partial charge on any atom is 0.0659 e. The SMILES string of the molecule is CC1CCSC(C)(Cc2ccc(Br)cc2)N1. The van der Waals surface area contributed by atoms with Crippen molar-refractivity contribution in [3.63, 3.8) is 0 Å². The van der Waals surface area contributed by atoms with Gasteiger partial charge < -0.3 is 5.32 Å². The molecule has 0 saturated carbocycles. The van der Waals surface area contributed by atoms with E-state index in [1.165, 1.54) is 17.7 Å². The molecule has 0 spiro atoms. The van der Waals surface area contributed by atoms with Crippen LogP contribution in [0.3, 0.4) is 0 Å². The Morgan fingerprint density at radius 2 is 2.12 bits per heavy atom. The van der Waals surface area contributed by atoms with E-state index in [4.69, 9.17) is 0 Å². The molecule has 0 bridgehead atoms. The van der Waals surface area contributed by atoms with Gasteiger partial charge in [-0.15, -0.1) is 11.8 Å². The zero-order valence-electron chi connectivity index (χ0n) is 9.79. The summed E-state index contributed by atoms with van der Waals surface area (Å²) in [6.45, 7) is 4.59. The first-order chi connectivity index (χ1) is 7.57. The van der Waals surface area contributed by atoms with Crippen LogP contribution >= 0.6 is 27.7 Å². The minimum atomic E-state index is 0.200. The number of rotatable bonds is 2. The van der Waals surface area contributed by atoms with E-state index < -0.39 is 0 Å². The van der Waals surface area contributed by atoms with Crippen molar-refractivity contribution in [3.8, 4) is 0 Å². The lowest BCUT2D eigenvalue weighted by molar-refractivity contribution is 0.408. The Balaban J connectivity index is 2.05. The van der Waals surface area contributed by atoms with Crippen LogP contribution in [0.1, 0.15) is 25.8 Å². The number of nitrogens with one attached hydrogen (secondary N) is 1. The molecule has 0 amide bonds. The van der Waals surface area contributed by atoms with Crippen molar-refractivity contribution in [1.29, 1.82) is 0 Å². The van der Waals surface area contributed by atoms with Crippen LogP contribution in [-0.2, 0) is 6.42 Å². The predicted octanol–water partition coefficient (Wildman–Crippen LogP) is 3.82. The molecule has 1 aromatic rings. The third-order valence-corrected chi connectivity index (χ3v) is 4.85. The highest BCUT2D eigenvalue weighted by Gasteiger charge is 2.30. The van der Waals surface area contributed by atoms with Gasteiger partial charge in [-0.2, -0.15) is 0 Å². The van der Waals surface area contributed by atoms with Gasteiger partial charge in [0.2, 0.25) is 0 Å². The smallest absolute Gasteiger partial charge is 0.0659 e. The number of benzene rings is 1. The molecule has 1 fully saturated rings. The molecule has 1 aliphatic rings. The van der Waals surface area contributed by atoms with E-state index in [0.29, 0.717) is 6.04 Å². The van der Waals surface area contributed by atoms with E-state index in [2.05, 4.69) is 59.4 Å². The summed E-state index contributed by atoms with van der Waals surface area (Å²) < 4.78 is 1.15. The maximum atomic E-state index is 3.71. The summed E-state index contributed by atoms with van der Waals surface area (Å²) in [7, 11) is 0. The Morgan fingerprint density at radius 3 is 2.75 bits per heavy atom. The van der Waals surface area contributed by atoms with Crippen LogP contribution in [0.4, 0.5) is 0 Å². The van der Waals surface area contributed by atoms with Crippen LogP contribution in [0.2, 0.25) is 0 Å². The topological polar surface area (TPSA) is 12.0 Å². The summed E-state index contributed by atoms with van der Waals surface area (Å²) in [6.07, 6.45) is 2.37. The average Bonchev–Trinajstić information content (AvgIpc) is 2.21. The highest BCUT2D eigenvalue weighted by atomic mass is 79.9. The van der Waals surface area contributed by atoms with E-state index in [9.17, 15) is 0 Å². The lowest BCUT2D eigenvalue weighted by Crippen LogP contribution is -2.49. The van der Waals surface area contributed by atoms with Gasteiger partial charge in [0.1, 0.15) is 0 Å². The minimum Gasteiger partial charge on any atom is -0.300 e. The molecule has 2 atom stereocenters. The van der Waals surface area contributed by atoms with Crippen molar-refractivity contribution in [2.24, 2.45) is 0 Å². The molecular weight excluding hydrogens is 282 g/mol. The fourth-order valence-electron chi connectivity index (χ4n) is 2.19. The number of hydrogen-bond donors (Lipinski definition) is 1. The lowest BCUT2D eigenvalue weighted by atomic mass is 10.1. The molecule has 1 aromatic carbocycles. The molecule has 0 aliphatic carbocycles. The second-order valence-corrected chi connectivity index (χ2v) is 7.23. The third-order valence-electron chi connectivity index (χ3n) is 2.98. The van der Waals surface area contributed by atoms with E-state index in [1.807, 2.05) is 11.8 Å². The number of hydrogen-bond acceptors (Lipinski definition) is 2. The quantitative estimate of drug-likeness (QED) is 0.891. The molecule has 2 unspecified atom stereocenters. The summed E-state index contributed by atoms with van der Waals surface area (Å²) in [5.41, 5.74) is 1.40. The Bertz CT molecular complexity index is 351. The fourth-order valence-corrected chi connectivity index (χ4v) is 3.93. The van der Waals surface area contributed by atoms with E-state index >= 15 is 0 Å². The van der Waals surface area contributed by atoms with Gasteiger partial charge in [0.05, 0.1) is 4.87 Å². The van der Waals surface area contributed by atoms with Crippen molar-refractivity contribution in [2.75, 3.05) is 5.75 Å². The molecule has 0 aromatic heterocycles. The Hall–Kier alpha value is 0.01000. The Kier molecular flexibility index (Phi) is 3.98. The van der Waals surface area contributed by atoms with Crippen LogP contribution in [0.5, 0.6) is 0 Å². The summed E-state index contributed by atoms with van der Waals surface area (Å²) in [5.74, 6) is 1.27. The second-order valence-electron chi connectivity index (χ2n) is 4.72. The van der Waals surface area contributed by atoms with Gasteiger partial charge >= 0.3 is 0 Å². The molecule has 16 heavy (non-hydrogen) atoms. The zero-order valence-corrected chi connectivity index (χ0v) is 12.2. The first-order valence-electron chi connectivity index (χ1n) is 5.73. The first kappa shape index (κ1) is 12.5. The standard InChI is InChI=1S/C13H18BrNS/c1-10-7-8-16-13(2,15-10)9-11-3-5-12(14)6-4-11/h3-6,10,15H,7-9H2,1-2H3. The van der Waals surface area contributed by atoms with Crippen molar-refractivity contribution in [2.45, 2.75) is 37.6 Å². The maximum absolute atomic E-state index is 3.71. The predicted molar refractivity (Wildman–Crippen MR) is 75.9 cm³/mol. The normalized spacial score (nSPS) is 30.3. The van der Waals surface area contributed by atoms with Gasteiger partial charge in [-0.25, -0.2) is 0 Å². The van der Waals surface area contributed by atoms with Gasteiger partial charge in [-0.3, -0.25) is 0 Å². The molecule has 1 aliphatic heterocycles. The Morgan fingerprint density at radius 1 is 1.44 bits per heavy atom. The Labute approximate surface area is 111 Å². The van der Waals surface area contributed by atoms with Crippen LogP contribution in [-0.4, -0.2) is 16.7 Å². The largest absolute Gasteiger partial charge is 0.300 e. The molecule has 1 saturated heterocycles. The summed E-state index contributed by atoms with van der Waals surface area (Å²) in [4.78, 5) is 0.200. The third kappa shape index (κ3) is 3.25. The summed E-state index contributed by atoms with van der Waals surface area (Å²) in [5, 5.41) is 3.71. The highest BCUT2D eigenvalue weighted by Crippen LogP contribution is 2.32. The van der Waals surface area contributed by atoms with Crippen molar-refractivity contribution >= 4 is 27.7 Å². The van der Waals surface area contributed by atoms with E-state index in [1.54, 1.807) is 0 Å². The minimum absolute atomic E-state index is 0.200. The summed E-state index contributed by atoms with van der Waals surface area (Å²) >= 11 is 5.52. The molecule has 2 rings (SSSR count). The van der Waals surface area contributed by atoms with Crippen molar-refractivity contribution < 1.29 is 0 Å². The molecule has 1 nitrogen and oxygen atoms in total. The number of thioether (sulfide) groups is 1. The van der Waals surface area contributed by atoms with Crippen LogP contribution in [0.25, 0.3) is 0 Å². The summed E-state index contributed by atoms with van der Waals surface area (Å²) in [6, 6.07) is 9.29. The zero-order chi connectivity index (χ0) is 11.6. The van der Waals surface area contributed by atoms with E-state index in [-0.39, 0.29) is 4.87 Å². The van der Waals surface area contributed by atoms with E-state index in [0.717, 1.165) is 10.9 Å². The fraction of sp³-hybridized carbons (Fsp3) is 0.538. The van der Waals surface area contributed by atoms with Gasteiger partial charge in [0.15, 0.2) is 0 Å². The van der Waals surface area contributed by atoms with Crippen LogP contribution < -0.4 is 5.32 Å². The lowest BCUT2D eigenvalue weighted by Gasteiger charge is -2.38. The van der Waals surface area contributed by atoms with Crippen LogP contribution in [0.15, 0.2) is 28.7 Å². The van der Waals surface area contributed by atoms with Gasteiger partial charge in [0, 0.05) is 10.5 Å². The molecular formula is C13H18BrNS. The first-order valence-corrected chi connectivity index (χ1v) is 7.51. The van der Waals surface area contributed by atoms with Gasteiger partial charge in [0.25, 0.3) is 0 Å². The molecule has 88 valence electrons. The highest BCUT2D eigenvalue weighted by molar-refractivity contribution is 9.10. The number of halogens is 1. The molecule has 1 heterocycles. The van der Waals surface area contributed by atoms with Crippen molar-refractivity contribution in [1.82, 2.24) is 5.32 Å². The average molecular weight is 300 g/mol. The molecule has 1 N–H and O–H groups in total. The van der Waals surface area contributed by atoms with Gasteiger partial charge in [-0.05, 0) is 50.1 Å². The molecule has 3 heteroatoms. The van der Waals surface area contributed by atoms with Gasteiger partial charge in [-0.1, -0.05) is 28.1 Å². The second kappa shape index (κ2) is 5.11. The van der Waals surface area contributed by atoms with Crippen molar-refractivity contribution in [3.05, 3.63) is 34.3 Å². The monoisotopic (exact) mass is 299 g/mol. The van der Waals surface area contributed by atoms with Crippen LogP contribution in [0, 0.1) is 0 Å². The molecule has 0 radical (unpaired) electrons.